The highest BCUT2D eigenvalue weighted by Gasteiger charge is 2.42. The van der Waals surface area contributed by atoms with Crippen molar-refractivity contribution in [1.29, 1.82) is 0 Å². The number of benzene rings is 2. The van der Waals surface area contributed by atoms with Gasteiger partial charge in [-0.1, -0.05) is 25.0 Å². The summed E-state index contributed by atoms with van der Waals surface area (Å²) < 4.78 is 5.32. The van der Waals surface area contributed by atoms with E-state index in [2.05, 4.69) is 10.6 Å². The smallest absolute Gasteiger partial charge is 0.322 e. The number of aliphatic carboxylic acids is 1. The van der Waals surface area contributed by atoms with Gasteiger partial charge in [0.05, 0.1) is 12.5 Å². The summed E-state index contributed by atoms with van der Waals surface area (Å²) in [5.41, 5.74) is 1.25. The number of hydrogen-bond donors (Lipinski definition) is 3. The summed E-state index contributed by atoms with van der Waals surface area (Å²) in [6.07, 6.45) is 3.49. The van der Waals surface area contributed by atoms with Crippen LogP contribution >= 0.6 is 0 Å². The Morgan fingerprint density at radius 3 is 2.38 bits per heavy atom. The summed E-state index contributed by atoms with van der Waals surface area (Å²) in [4.78, 5) is 35.7. The normalized spacial score (nSPS) is 14.8. The van der Waals surface area contributed by atoms with Crippen LogP contribution in [0.15, 0.2) is 48.5 Å². The van der Waals surface area contributed by atoms with Gasteiger partial charge in [0.1, 0.15) is 12.3 Å². The van der Waals surface area contributed by atoms with E-state index < -0.39 is 23.8 Å². The maximum Gasteiger partial charge on any atom is 0.322 e. The second-order valence-electron chi connectivity index (χ2n) is 7.13. The lowest BCUT2D eigenvalue weighted by atomic mass is 9.78. The van der Waals surface area contributed by atoms with Crippen LogP contribution < -0.4 is 15.4 Å². The number of carbonyl (C=O) groups is 3. The van der Waals surface area contributed by atoms with Crippen molar-refractivity contribution >= 4 is 23.5 Å². The van der Waals surface area contributed by atoms with Crippen LogP contribution in [0.5, 0.6) is 5.75 Å². The van der Waals surface area contributed by atoms with E-state index in [0.29, 0.717) is 11.3 Å². The standard InChI is InChI=1S/C22H24N2O5/c1-29-18-6-4-5-16(13-18)22(11-2-3-12-22)21(28)24-17-9-7-15(8-10-17)20(27)23-14-19(25)26/h4-10,13H,2-3,11-12,14H2,1H3,(H,23,27)(H,24,28)(H,25,26). The highest BCUT2D eigenvalue weighted by molar-refractivity contribution is 6.00. The molecule has 0 aromatic heterocycles. The second-order valence-corrected chi connectivity index (χ2v) is 7.13. The van der Waals surface area contributed by atoms with Crippen molar-refractivity contribution in [3.8, 4) is 5.75 Å². The van der Waals surface area contributed by atoms with Crippen LogP contribution in [0.3, 0.4) is 0 Å². The summed E-state index contributed by atoms with van der Waals surface area (Å²) in [6.45, 7) is -0.444. The fraction of sp³-hybridized carbons (Fsp3) is 0.318. The fourth-order valence-corrected chi connectivity index (χ4v) is 3.76. The SMILES string of the molecule is COc1cccc(C2(C(=O)Nc3ccc(C(=O)NCC(=O)O)cc3)CCCC2)c1. The van der Waals surface area contributed by atoms with Crippen LogP contribution in [-0.4, -0.2) is 36.5 Å². The van der Waals surface area contributed by atoms with Gasteiger partial charge in [0.15, 0.2) is 0 Å². The Labute approximate surface area is 169 Å². The minimum Gasteiger partial charge on any atom is -0.497 e. The summed E-state index contributed by atoms with van der Waals surface area (Å²) in [6, 6.07) is 14.0. The van der Waals surface area contributed by atoms with Crippen molar-refractivity contribution in [2.24, 2.45) is 0 Å². The average Bonchev–Trinajstić information content (AvgIpc) is 3.24. The van der Waals surface area contributed by atoms with Crippen LogP contribution in [0.25, 0.3) is 0 Å². The van der Waals surface area contributed by atoms with E-state index in [1.807, 2.05) is 24.3 Å². The minimum atomic E-state index is -1.11. The lowest BCUT2D eigenvalue weighted by Gasteiger charge is -2.28. The molecular formula is C22H24N2O5. The minimum absolute atomic E-state index is 0.0775. The predicted octanol–water partition coefficient (Wildman–Crippen LogP) is 2.96. The first-order chi connectivity index (χ1) is 13.9. The van der Waals surface area contributed by atoms with E-state index in [1.165, 1.54) is 0 Å². The summed E-state index contributed by atoms with van der Waals surface area (Å²) in [5.74, 6) is -0.944. The first-order valence-corrected chi connectivity index (χ1v) is 9.51. The van der Waals surface area contributed by atoms with Crippen LogP contribution in [0, 0.1) is 0 Å². The Hall–Kier alpha value is -3.35. The van der Waals surface area contributed by atoms with E-state index >= 15 is 0 Å². The molecule has 29 heavy (non-hydrogen) atoms. The highest BCUT2D eigenvalue weighted by atomic mass is 16.5. The molecule has 1 fully saturated rings. The molecule has 3 N–H and O–H groups in total. The molecule has 0 radical (unpaired) electrons. The fourth-order valence-electron chi connectivity index (χ4n) is 3.76. The van der Waals surface area contributed by atoms with E-state index in [-0.39, 0.29) is 5.91 Å². The Morgan fingerprint density at radius 1 is 1.07 bits per heavy atom. The monoisotopic (exact) mass is 396 g/mol. The molecule has 2 aromatic carbocycles. The van der Waals surface area contributed by atoms with Gasteiger partial charge in [-0.2, -0.15) is 0 Å². The number of carbonyl (C=O) groups excluding carboxylic acids is 2. The van der Waals surface area contributed by atoms with Gasteiger partial charge in [0.25, 0.3) is 5.91 Å². The number of anilines is 1. The molecule has 0 atom stereocenters. The number of hydrogen-bond acceptors (Lipinski definition) is 4. The summed E-state index contributed by atoms with van der Waals surface area (Å²) in [5, 5.41) is 13.9. The van der Waals surface area contributed by atoms with Gasteiger partial charge >= 0.3 is 5.97 Å². The molecule has 2 aromatic rings. The maximum atomic E-state index is 13.2. The Morgan fingerprint density at radius 2 is 1.76 bits per heavy atom. The molecule has 0 spiro atoms. The van der Waals surface area contributed by atoms with Gasteiger partial charge in [0.2, 0.25) is 5.91 Å². The topological polar surface area (TPSA) is 105 Å². The average molecular weight is 396 g/mol. The largest absolute Gasteiger partial charge is 0.497 e. The Balaban J connectivity index is 1.75. The molecule has 152 valence electrons. The molecule has 1 aliphatic rings. The van der Waals surface area contributed by atoms with E-state index in [4.69, 9.17) is 9.84 Å². The number of carboxylic acid groups (broad SMARTS) is 1. The molecular weight excluding hydrogens is 372 g/mol. The molecule has 0 unspecified atom stereocenters. The zero-order valence-corrected chi connectivity index (χ0v) is 16.2. The molecule has 7 nitrogen and oxygen atoms in total. The van der Waals surface area contributed by atoms with Crippen molar-refractivity contribution in [2.45, 2.75) is 31.1 Å². The van der Waals surface area contributed by atoms with Gasteiger partial charge in [0, 0.05) is 11.3 Å². The van der Waals surface area contributed by atoms with Gasteiger partial charge in [-0.15, -0.1) is 0 Å². The molecule has 7 heteroatoms. The lowest BCUT2D eigenvalue weighted by molar-refractivity contribution is -0.135. The third kappa shape index (κ3) is 4.56. The van der Waals surface area contributed by atoms with Crippen LogP contribution in [0.4, 0.5) is 5.69 Å². The number of carboxylic acids is 1. The molecule has 1 aliphatic carbocycles. The molecule has 0 heterocycles. The summed E-state index contributed by atoms with van der Waals surface area (Å²) >= 11 is 0. The maximum absolute atomic E-state index is 13.2. The van der Waals surface area contributed by atoms with E-state index in [0.717, 1.165) is 37.0 Å². The number of rotatable bonds is 7. The number of ether oxygens (including phenoxy) is 1. The molecule has 0 aliphatic heterocycles. The van der Waals surface area contributed by atoms with Crippen LogP contribution in [-0.2, 0) is 15.0 Å². The Kier molecular flexibility index (Phi) is 6.16. The zero-order valence-electron chi connectivity index (χ0n) is 16.2. The van der Waals surface area contributed by atoms with Crippen molar-refractivity contribution < 1.29 is 24.2 Å². The first-order valence-electron chi connectivity index (χ1n) is 9.51. The van der Waals surface area contributed by atoms with Crippen molar-refractivity contribution in [3.63, 3.8) is 0 Å². The lowest BCUT2D eigenvalue weighted by Crippen LogP contribution is -2.38. The second kappa shape index (κ2) is 8.77. The number of methoxy groups -OCH3 is 1. The predicted molar refractivity (Wildman–Crippen MR) is 108 cm³/mol. The zero-order chi connectivity index (χ0) is 20.9. The first kappa shape index (κ1) is 20.4. The molecule has 0 saturated heterocycles. The van der Waals surface area contributed by atoms with Crippen LogP contribution in [0.1, 0.15) is 41.6 Å². The van der Waals surface area contributed by atoms with Gasteiger partial charge in [-0.3, -0.25) is 14.4 Å². The van der Waals surface area contributed by atoms with E-state index in [9.17, 15) is 14.4 Å². The van der Waals surface area contributed by atoms with Crippen LogP contribution in [0.2, 0.25) is 0 Å². The number of nitrogens with one attached hydrogen (secondary N) is 2. The summed E-state index contributed by atoms with van der Waals surface area (Å²) in [7, 11) is 1.61. The molecule has 0 bridgehead atoms. The van der Waals surface area contributed by atoms with Crippen molar-refractivity contribution in [2.75, 3.05) is 19.0 Å². The number of amides is 2. The van der Waals surface area contributed by atoms with Gasteiger partial charge in [-0.05, 0) is 54.8 Å². The van der Waals surface area contributed by atoms with Gasteiger partial charge < -0.3 is 20.5 Å². The molecule has 2 amide bonds. The third-order valence-corrected chi connectivity index (χ3v) is 5.32. The van der Waals surface area contributed by atoms with E-state index in [1.54, 1.807) is 31.4 Å². The Bertz CT molecular complexity index is 902. The van der Waals surface area contributed by atoms with Crippen molar-refractivity contribution in [3.05, 3.63) is 59.7 Å². The third-order valence-electron chi connectivity index (χ3n) is 5.32. The quantitative estimate of drug-likeness (QED) is 0.667. The highest BCUT2D eigenvalue weighted by Crippen LogP contribution is 2.43. The molecule has 3 rings (SSSR count). The van der Waals surface area contributed by atoms with Gasteiger partial charge in [-0.25, -0.2) is 0 Å². The van der Waals surface area contributed by atoms with Crippen molar-refractivity contribution in [1.82, 2.24) is 5.32 Å². The molecule has 1 saturated carbocycles.